The lowest BCUT2D eigenvalue weighted by molar-refractivity contribution is 0.123. The molecule has 0 aliphatic carbocycles. The first kappa shape index (κ1) is 23.6. The Balaban J connectivity index is 0.00000529. The van der Waals surface area contributed by atoms with E-state index in [0.717, 1.165) is 49.0 Å². The molecule has 1 rings (SSSR count). The fraction of sp³-hybridized carbons (Fsp3) is 0.765. The van der Waals surface area contributed by atoms with Crippen molar-refractivity contribution in [3.8, 4) is 0 Å². The zero-order chi connectivity index (χ0) is 17.3. The maximum Gasteiger partial charge on any atom is 0.191 e. The van der Waals surface area contributed by atoms with Crippen molar-refractivity contribution in [2.75, 3.05) is 26.2 Å². The summed E-state index contributed by atoms with van der Waals surface area (Å²) in [5.41, 5.74) is 1.02. The molecule has 3 N–H and O–H groups in total. The maximum atomic E-state index is 9.66. The van der Waals surface area contributed by atoms with Crippen LogP contribution in [0.15, 0.2) is 4.99 Å². The van der Waals surface area contributed by atoms with E-state index in [4.69, 9.17) is 0 Å². The van der Waals surface area contributed by atoms with Gasteiger partial charge in [-0.1, -0.05) is 13.8 Å². The smallest absolute Gasteiger partial charge is 0.191 e. The highest BCUT2D eigenvalue weighted by Gasteiger charge is 2.24. The molecule has 0 radical (unpaired) electrons. The third-order valence-electron chi connectivity index (χ3n) is 4.46. The van der Waals surface area contributed by atoms with Crippen LogP contribution in [0.1, 0.15) is 49.2 Å². The summed E-state index contributed by atoms with van der Waals surface area (Å²) in [7, 11) is 0. The molecule has 0 atom stereocenters. The Morgan fingerprint density at radius 1 is 1.21 bits per heavy atom. The van der Waals surface area contributed by atoms with Crippen LogP contribution >= 0.6 is 35.3 Å². The summed E-state index contributed by atoms with van der Waals surface area (Å²) in [6.07, 6.45) is 2.76. The number of aliphatic hydroxyl groups excluding tert-OH is 1. The Kier molecular flexibility index (Phi) is 11.8. The van der Waals surface area contributed by atoms with Crippen LogP contribution in [0.3, 0.4) is 0 Å². The number of rotatable bonds is 9. The Labute approximate surface area is 167 Å². The molecule has 0 amide bonds. The fourth-order valence-electron chi connectivity index (χ4n) is 2.27. The molecule has 0 saturated carbocycles. The molecule has 0 bridgehead atoms. The standard InChI is InChI=1S/C17H32N4OS.HI/c1-6-17(7-2,12-22)11-20-16(18-8-3)19-10-9-15-21-13(4)14(5)23-15;/h22H,6-12H2,1-5H3,(H2,18,19,20);1H. The molecule has 1 aromatic heterocycles. The van der Waals surface area contributed by atoms with Crippen molar-refractivity contribution in [1.82, 2.24) is 15.6 Å². The largest absolute Gasteiger partial charge is 0.396 e. The first-order valence-corrected chi connectivity index (χ1v) is 9.37. The Morgan fingerprint density at radius 2 is 1.88 bits per heavy atom. The number of nitrogens with one attached hydrogen (secondary N) is 2. The highest BCUT2D eigenvalue weighted by molar-refractivity contribution is 14.0. The lowest BCUT2D eigenvalue weighted by Crippen LogP contribution is -2.39. The molecule has 0 spiro atoms. The number of nitrogens with zero attached hydrogens (tertiary/aromatic N) is 2. The van der Waals surface area contributed by atoms with Crippen molar-refractivity contribution in [2.24, 2.45) is 10.4 Å². The van der Waals surface area contributed by atoms with E-state index in [1.807, 2.05) is 0 Å². The van der Waals surface area contributed by atoms with E-state index >= 15 is 0 Å². The second-order valence-electron chi connectivity index (χ2n) is 5.99. The van der Waals surface area contributed by atoms with Gasteiger partial charge in [0, 0.05) is 29.8 Å². The predicted molar refractivity (Wildman–Crippen MR) is 115 cm³/mol. The zero-order valence-electron chi connectivity index (χ0n) is 15.6. The van der Waals surface area contributed by atoms with Crippen LogP contribution in [-0.4, -0.2) is 42.3 Å². The maximum absolute atomic E-state index is 9.66. The summed E-state index contributed by atoms with van der Waals surface area (Å²) in [5.74, 6) is 0.817. The van der Waals surface area contributed by atoms with E-state index in [1.165, 1.54) is 4.88 Å². The molecule has 5 nitrogen and oxygen atoms in total. The second-order valence-corrected chi connectivity index (χ2v) is 7.27. The number of guanidine groups is 1. The third-order valence-corrected chi connectivity index (χ3v) is 5.59. The van der Waals surface area contributed by atoms with E-state index in [2.05, 4.69) is 55.2 Å². The van der Waals surface area contributed by atoms with Gasteiger partial charge in [0.1, 0.15) is 0 Å². The van der Waals surface area contributed by atoms with Gasteiger partial charge in [0.05, 0.1) is 23.9 Å². The van der Waals surface area contributed by atoms with Gasteiger partial charge in [0.2, 0.25) is 0 Å². The van der Waals surface area contributed by atoms with Crippen molar-refractivity contribution in [3.05, 3.63) is 15.6 Å². The van der Waals surface area contributed by atoms with Crippen LogP contribution in [0.2, 0.25) is 0 Å². The predicted octanol–water partition coefficient (Wildman–Crippen LogP) is 3.27. The van der Waals surface area contributed by atoms with Crippen LogP contribution in [0.5, 0.6) is 0 Å². The van der Waals surface area contributed by atoms with Crippen molar-refractivity contribution >= 4 is 41.3 Å². The minimum atomic E-state index is -0.105. The van der Waals surface area contributed by atoms with Gasteiger partial charge >= 0.3 is 0 Å². The molecule has 0 aliphatic heterocycles. The average molecular weight is 468 g/mol. The van der Waals surface area contributed by atoms with Crippen LogP contribution in [-0.2, 0) is 6.42 Å². The minimum absolute atomic E-state index is 0. The number of aryl methyl sites for hydroxylation is 2. The molecule has 0 aromatic carbocycles. The lowest BCUT2D eigenvalue weighted by atomic mass is 9.83. The Hall–Kier alpha value is -0.410. The van der Waals surface area contributed by atoms with Crippen molar-refractivity contribution in [2.45, 2.75) is 53.9 Å². The highest BCUT2D eigenvalue weighted by atomic mass is 127. The van der Waals surface area contributed by atoms with Crippen LogP contribution in [0.4, 0.5) is 0 Å². The van der Waals surface area contributed by atoms with Crippen LogP contribution in [0, 0.1) is 19.3 Å². The monoisotopic (exact) mass is 468 g/mol. The van der Waals surface area contributed by atoms with Gasteiger partial charge in [0.25, 0.3) is 0 Å². The van der Waals surface area contributed by atoms with Crippen LogP contribution < -0.4 is 10.6 Å². The molecule has 24 heavy (non-hydrogen) atoms. The van der Waals surface area contributed by atoms with Gasteiger partial charge in [-0.15, -0.1) is 35.3 Å². The average Bonchev–Trinajstić information content (AvgIpc) is 2.87. The van der Waals surface area contributed by atoms with E-state index in [-0.39, 0.29) is 36.0 Å². The van der Waals surface area contributed by atoms with Gasteiger partial charge in [-0.3, -0.25) is 4.99 Å². The minimum Gasteiger partial charge on any atom is -0.396 e. The first-order valence-electron chi connectivity index (χ1n) is 8.56. The molecule has 1 heterocycles. The van der Waals surface area contributed by atoms with Gasteiger partial charge in [-0.25, -0.2) is 4.98 Å². The second kappa shape index (κ2) is 12.0. The first-order chi connectivity index (χ1) is 11.0. The normalized spacial score (nSPS) is 12.0. The number of hydrogen-bond donors (Lipinski definition) is 3. The summed E-state index contributed by atoms with van der Waals surface area (Å²) in [5, 5.41) is 17.5. The van der Waals surface area contributed by atoms with Gasteiger partial charge < -0.3 is 15.7 Å². The molecule has 140 valence electrons. The number of hydrogen-bond acceptors (Lipinski definition) is 4. The third kappa shape index (κ3) is 7.23. The molecule has 0 aliphatic rings. The number of aliphatic imine (C=N–C) groups is 1. The van der Waals surface area contributed by atoms with Gasteiger partial charge in [-0.2, -0.15) is 0 Å². The van der Waals surface area contributed by atoms with E-state index < -0.39 is 0 Å². The molecular weight excluding hydrogens is 435 g/mol. The van der Waals surface area contributed by atoms with E-state index in [1.54, 1.807) is 11.3 Å². The summed E-state index contributed by atoms with van der Waals surface area (Å²) in [4.78, 5) is 10.5. The summed E-state index contributed by atoms with van der Waals surface area (Å²) >= 11 is 1.76. The molecule has 0 saturated heterocycles. The summed E-state index contributed by atoms with van der Waals surface area (Å²) in [6, 6.07) is 0. The summed E-state index contributed by atoms with van der Waals surface area (Å²) in [6.45, 7) is 12.9. The quantitative estimate of drug-likeness (QED) is 0.296. The molecular formula is C17H33IN4OS. The van der Waals surface area contributed by atoms with Gasteiger partial charge in [0.15, 0.2) is 5.96 Å². The Morgan fingerprint density at radius 3 is 2.33 bits per heavy atom. The Bertz CT molecular complexity index is 473. The number of aliphatic hydroxyl groups is 1. The fourth-order valence-corrected chi connectivity index (χ4v) is 3.20. The lowest BCUT2D eigenvalue weighted by Gasteiger charge is -2.27. The van der Waals surface area contributed by atoms with Gasteiger partial charge in [-0.05, 0) is 33.6 Å². The van der Waals surface area contributed by atoms with Crippen LogP contribution in [0.25, 0.3) is 0 Å². The van der Waals surface area contributed by atoms with Crippen molar-refractivity contribution in [3.63, 3.8) is 0 Å². The molecule has 0 unspecified atom stereocenters. The van der Waals surface area contributed by atoms with Crippen molar-refractivity contribution < 1.29 is 5.11 Å². The topological polar surface area (TPSA) is 69.5 Å². The van der Waals surface area contributed by atoms with E-state index in [9.17, 15) is 5.11 Å². The highest BCUT2D eigenvalue weighted by Crippen LogP contribution is 2.25. The summed E-state index contributed by atoms with van der Waals surface area (Å²) < 4.78 is 0. The number of halogens is 1. The number of aromatic nitrogens is 1. The number of thiazole rings is 1. The zero-order valence-corrected chi connectivity index (χ0v) is 18.8. The molecule has 1 aromatic rings. The van der Waals surface area contributed by atoms with Crippen molar-refractivity contribution in [1.29, 1.82) is 0 Å². The van der Waals surface area contributed by atoms with E-state index in [0.29, 0.717) is 6.54 Å². The SMILES string of the molecule is CCNC(=NCC(CC)(CC)CO)NCCc1nc(C)c(C)s1.I. The molecule has 0 fully saturated rings. The molecule has 7 heteroatoms.